The second kappa shape index (κ2) is 11.4. The van der Waals surface area contributed by atoms with Crippen molar-refractivity contribution in [2.45, 2.75) is 45.1 Å². The van der Waals surface area contributed by atoms with E-state index in [1.807, 2.05) is 24.3 Å². The van der Waals surface area contributed by atoms with E-state index in [9.17, 15) is 4.79 Å². The molecule has 8 nitrogen and oxygen atoms in total. The quantitative estimate of drug-likeness (QED) is 0.599. The number of piperidine rings is 2. The fourth-order valence-corrected chi connectivity index (χ4v) is 4.56. The average molecular weight is 442 g/mol. The first kappa shape index (κ1) is 22.7. The SMILES string of the molecule is COc1ccc(-c2noc(CN3CCC(C(=O)NCCCN4CCCCC4)CC3)n2)cc1. The second-order valence-corrected chi connectivity index (χ2v) is 8.84. The summed E-state index contributed by atoms with van der Waals surface area (Å²) in [5, 5.41) is 7.26. The van der Waals surface area contributed by atoms with Crippen LogP contribution in [0.5, 0.6) is 5.75 Å². The third kappa shape index (κ3) is 6.29. The van der Waals surface area contributed by atoms with E-state index in [4.69, 9.17) is 9.26 Å². The van der Waals surface area contributed by atoms with Crippen molar-refractivity contribution in [3.63, 3.8) is 0 Å². The van der Waals surface area contributed by atoms with Crippen LogP contribution in [0.25, 0.3) is 11.4 Å². The van der Waals surface area contributed by atoms with Crippen LogP contribution in [0.2, 0.25) is 0 Å². The van der Waals surface area contributed by atoms with Crippen molar-refractivity contribution in [3.8, 4) is 17.1 Å². The molecule has 1 amide bonds. The van der Waals surface area contributed by atoms with Crippen LogP contribution in [0.4, 0.5) is 0 Å². The van der Waals surface area contributed by atoms with E-state index in [-0.39, 0.29) is 11.8 Å². The zero-order valence-electron chi connectivity index (χ0n) is 19.1. The Labute approximate surface area is 190 Å². The Morgan fingerprint density at radius 2 is 1.84 bits per heavy atom. The molecule has 0 saturated carbocycles. The zero-order valence-corrected chi connectivity index (χ0v) is 19.1. The molecule has 2 aromatic rings. The lowest BCUT2D eigenvalue weighted by molar-refractivity contribution is -0.126. The Bertz CT molecular complexity index is 840. The second-order valence-electron chi connectivity index (χ2n) is 8.84. The summed E-state index contributed by atoms with van der Waals surface area (Å²) >= 11 is 0. The topological polar surface area (TPSA) is 83.7 Å². The minimum Gasteiger partial charge on any atom is -0.497 e. The van der Waals surface area contributed by atoms with Crippen molar-refractivity contribution in [1.29, 1.82) is 0 Å². The highest BCUT2D eigenvalue weighted by Crippen LogP contribution is 2.22. The molecule has 1 aromatic carbocycles. The van der Waals surface area contributed by atoms with Gasteiger partial charge in [0.15, 0.2) is 0 Å². The number of carbonyl (C=O) groups is 1. The lowest BCUT2D eigenvalue weighted by Gasteiger charge is -2.30. The first-order valence-corrected chi connectivity index (χ1v) is 11.9. The van der Waals surface area contributed by atoms with E-state index < -0.39 is 0 Å². The largest absolute Gasteiger partial charge is 0.497 e. The molecule has 2 saturated heterocycles. The van der Waals surface area contributed by atoms with Gasteiger partial charge in [-0.05, 0) is 89.1 Å². The predicted molar refractivity (Wildman–Crippen MR) is 122 cm³/mol. The minimum atomic E-state index is 0.110. The molecule has 0 aliphatic carbocycles. The Balaban J connectivity index is 1.15. The molecule has 0 unspecified atom stereocenters. The summed E-state index contributed by atoms with van der Waals surface area (Å²) in [5.74, 6) is 2.31. The first-order chi connectivity index (χ1) is 15.7. The third-order valence-electron chi connectivity index (χ3n) is 6.53. The highest BCUT2D eigenvalue weighted by molar-refractivity contribution is 5.78. The van der Waals surface area contributed by atoms with Crippen molar-refractivity contribution in [2.24, 2.45) is 5.92 Å². The maximum Gasteiger partial charge on any atom is 0.241 e. The lowest BCUT2D eigenvalue weighted by atomic mass is 9.96. The molecule has 8 heteroatoms. The normalized spacial score (nSPS) is 18.5. The van der Waals surface area contributed by atoms with Crippen LogP contribution in [-0.4, -0.2) is 72.2 Å². The monoisotopic (exact) mass is 441 g/mol. The Morgan fingerprint density at radius 3 is 2.56 bits per heavy atom. The molecule has 1 N–H and O–H groups in total. The molecule has 2 aliphatic heterocycles. The maximum absolute atomic E-state index is 12.5. The summed E-state index contributed by atoms with van der Waals surface area (Å²) < 4.78 is 10.6. The molecular formula is C24H35N5O3. The van der Waals surface area contributed by atoms with E-state index in [1.54, 1.807) is 7.11 Å². The van der Waals surface area contributed by atoms with Crippen LogP contribution in [0.1, 0.15) is 44.4 Å². The van der Waals surface area contributed by atoms with Crippen molar-refractivity contribution < 1.29 is 14.1 Å². The molecule has 2 aliphatic rings. The lowest BCUT2D eigenvalue weighted by Crippen LogP contribution is -2.41. The first-order valence-electron chi connectivity index (χ1n) is 11.9. The molecule has 32 heavy (non-hydrogen) atoms. The number of hydrogen-bond donors (Lipinski definition) is 1. The van der Waals surface area contributed by atoms with Gasteiger partial charge in [-0.1, -0.05) is 11.6 Å². The number of nitrogens with zero attached hydrogens (tertiary/aromatic N) is 4. The third-order valence-corrected chi connectivity index (χ3v) is 6.53. The van der Waals surface area contributed by atoms with Crippen LogP contribution >= 0.6 is 0 Å². The number of ether oxygens (including phenoxy) is 1. The number of benzene rings is 1. The highest BCUT2D eigenvalue weighted by atomic mass is 16.5. The molecule has 2 fully saturated rings. The van der Waals surface area contributed by atoms with Crippen LogP contribution in [0, 0.1) is 5.92 Å². The van der Waals surface area contributed by atoms with Gasteiger partial charge in [-0.15, -0.1) is 0 Å². The number of amides is 1. The van der Waals surface area contributed by atoms with Gasteiger partial charge in [0.1, 0.15) is 5.75 Å². The van der Waals surface area contributed by atoms with Gasteiger partial charge < -0.3 is 19.5 Å². The van der Waals surface area contributed by atoms with Crippen LogP contribution in [0.3, 0.4) is 0 Å². The Hall–Kier alpha value is -2.45. The summed E-state index contributed by atoms with van der Waals surface area (Å²) in [7, 11) is 1.64. The van der Waals surface area contributed by atoms with E-state index in [1.165, 1.54) is 32.4 Å². The van der Waals surface area contributed by atoms with Gasteiger partial charge in [-0.2, -0.15) is 4.98 Å². The van der Waals surface area contributed by atoms with Gasteiger partial charge in [0.05, 0.1) is 13.7 Å². The molecule has 0 bridgehead atoms. The predicted octanol–water partition coefficient (Wildman–Crippen LogP) is 2.95. The van der Waals surface area contributed by atoms with Crippen molar-refractivity contribution in [1.82, 2.24) is 25.3 Å². The molecule has 4 rings (SSSR count). The molecule has 0 radical (unpaired) electrons. The van der Waals surface area contributed by atoms with Crippen LogP contribution in [-0.2, 0) is 11.3 Å². The summed E-state index contributed by atoms with van der Waals surface area (Å²) in [4.78, 5) is 21.9. The molecule has 1 aromatic heterocycles. The molecular weight excluding hydrogens is 406 g/mol. The van der Waals surface area contributed by atoms with Gasteiger partial charge in [0.25, 0.3) is 0 Å². The van der Waals surface area contributed by atoms with E-state index >= 15 is 0 Å². The van der Waals surface area contributed by atoms with E-state index in [0.29, 0.717) is 18.3 Å². The van der Waals surface area contributed by atoms with Crippen molar-refractivity contribution in [3.05, 3.63) is 30.2 Å². The number of aromatic nitrogens is 2. The molecule has 174 valence electrons. The average Bonchev–Trinajstić information content (AvgIpc) is 3.31. The van der Waals surface area contributed by atoms with Crippen LogP contribution in [0.15, 0.2) is 28.8 Å². The van der Waals surface area contributed by atoms with Crippen molar-refractivity contribution in [2.75, 3.05) is 46.4 Å². The Kier molecular flexibility index (Phi) is 8.12. The van der Waals surface area contributed by atoms with E-state index in [0.717, 1.165) is 56.8 Å². The fraction of sp³-hybridized carbons (Fsp3) is 0.625. The van der Waals surface area contributed by atoms with Gasteiger partial charge in [0, 0.05) is 18.0 Å². The molecule has 3 heterocycles. The van der Waals surface area contributed by atoms with Gasteiger partial charge >= 0.3 is 0 Å². The number of hydrogen-bond acceptors (Lipinski definition) is 7. The number of rotatable bonds is 9. The number of likely N-dealkylation sites (tertiary alicyclic amines) is 2. The molecule has 0 atom stereocenters. The fourth-order valence-electron chi connectivity index (χ4n) is 4.56. The standard InChI is InChI=1S/C24H35N5O3/c1-31-21-8-6-19(7-9-21)23-26-22(32-27-23)18-29-16-10-20(11-17-29)24(30)25-12-5-15-28-13-3-2-4-14-28/h6-9,20H,2-5,10-18H2,1H3,(H,25,30). The summed E-state index contributed by atoms with van der Waals surface area (Å²) in [6, 6.07) is 7.61. The van der Waals surface area contributed by atoms with Crippen molar-refractivity contribution >= 4 is 5.91 Å². The smallest absolute Gasteiger partial charge is 0.241 e. The summed E-state index contributed by atoms with van der Waals surface area (Å²) in [6.07, 6.45) is 6.78. The van der Waals surface area contributed by atoms with Gasteiger partial charge in [-0.25, -0.2) is 0 Å². The Morgan fingerprint density at radius 1 is 1.09 bits per heavy atom. The highest BCUT2D eigenvalue weighted by Gasteiger charge is 2.26. The number of nitrogens with one attached hydrogen (secondary N) is 1. The van der Waals surface area contributed by atoms with Gasteiger partial charge in [0.2, 0.25) is 17.6 Å². The van der Waals surface area contributed by atoms with E-state index in [2.05, 4.69) is 25.3 Å². The minimum absolute atomic E-state index is 0.110. The number of methoxy groups -OCH3 is 1. The van der Waals surface area contributed by atoms with Crippen LogP contribution < -0.4 is 10.1 Å². The summed E-state index contributed by atoms with van der Waals surface area (Å²) in [6.45, 7) is 6.67. The summed E-state index contributed by atoms with van der Waals surface area (Å²) in [5.41, 5.74) is 0.900. The number of carbonyl (C=O) groups excluding carboxylic acids is 1. The molecule has 0 spiro atoms. The zero-order chi connectivity index (χ0) is 22.2. The maximum atomic E-state index is 12.5. The van der Waals surface area contributed by atoms with Gasteiger partial charge in [-0.3, -0.25) is 9.69 Å².